The van der Waals surface area contributed by atoms with Crippen LogP contribution in [0.2, 0.25) is 0 Å². The van der Waals surface area contributed by atoms with Gasteiger partial charge in [-0.15, -0.1) is 0 Å². The van der Waals surface area contributed by atoms with Crippen LogP contribution in [0, 0.1) is 0 Å². The lowest BCUT2D eigenvalue weighted by Crippen LogP contribution is -2.59. The molecule has 0 bridgehead atoms. The normalized spacial score (nSPS) is 32.3. The quantitative estimate of drug-likeness (QED) is 0.912. The summed E-state index contributed by atoms with van der Waals surface area (Å²) in [6.07, 6.45) is 2.82. The molecule has 4 nitrogen and oxygen atoms in total. The minimum atomic E-state index is -2.99. The first-order chi connectivity index (χ1) is 10.0. The van der Waals surface area contributed by atoms with Crippen molar-refractivity contribution in [2.24, 2.45) is 0 Å². The maximum atomic E-state index is 11.6. The molecule has 0 amide bonds. The third kappa shape index (κ3) is 3.54. The van der Waals surface area contributed by atoms with Gasteiger partial charge in [0.15, 0.2) is 9.84 Å². The molecule has 1 saturated heterocycles. The lowest BCUT2D eigenvalue weighted by atomic mass is 10.0. The molecule has 0 radical (unpaired) electrons. The maximum Gasteiger partial charge on any atom is 0.173 e. The summed E-state index contributed by atoms with van der Waals surface area (Å²) < 4.78 is 23.3. The van der Waals surface area contributed by atoms with Crippen molar-refractivity contribution in [3.05, 3.63) is 47.4 Å². The molecule has 2 aliphatic heterocycles. The summed E-state index contributed by atoms with van der Waals surface area (Å²) in [6, 6.07) is 11.2. The zero-order valence-corrected chi connectivity index (χ0v) is 13.1. The lowest BCUT2D eigenvalue weighted by Gasteiger charge is -2.41. The molecule has 21 heavy (non-hydrogen) atoms. The van der Waals surface area contributed by atoms with E-state index in [0.717, 1.165) is 19.5 Å². The molecule has 1 N–H and O–H groups in total. The van der Waals surface area contributed by atoms with Gasteiger partial charge in [-0.05, 0) is 18.9 Å². The van der Waals surface area contributed by atoms with Crippen molar-refractivity contribution in [3.8, 4) is 0 Å². The molecule has 5 heteroatoms. The van der Waals surface area contributed by atoms with Crippen LogP contribution < -0.4 is 5.32 Å². The summed E-state index contributed by atoms with van der Waals surface area (Å²) in [5.74, 6) is 0.232. The van der Waals surface area contributed by atoms with Crippen LogP contribution in [-0.2, 0) is 16.3 Å². The molecule has 114 valence electrons. The molecular formula is C16H22N2O2S. The first-order valence-corrected chi connectivity index (χ1v) is 9.19. The van der Waals surface area contributed by atoms with E-state index in [1.54, 1.807) is 0 Å². The van der Waals surface area contributed by atoms with Crippen LogP contribution in [0.5, 0.6) is 0 Å². The van der Waals surface area contributed by atoms with E-state index in [1.165, 1.54) is 11.0 Å². The molecule has 3 unspecified atom stereocenters. The van der Waals surface area contributed by atoms with Gasteiger partial charge in [0.2, 0.25) is 0 Å². The Morgan fingerprint density at radius 2 is 2.05 bits per heavy atom. The monoisotopic (exact) mass is 306 g/mol. The van der Waals surface area contributed by atoms with Crippen molar-refractivity contribution in [2.75, 3.05) is 18.8 Å². The minimum absolute atomic E-state index is 0.0328. The molecule has 3 atom stereocenters. The summed E-state index contributed by atoms with van der Waals surface area (Å²) in [6.45, 7) is 3.95. The highest BCUT2D eigenvalue weighted by molar-refractivity contribution is 7.94. The number of nitrogens with one attached hydrogen (secondary N) is 1. The number of sulfone groups is 1. The van der Waals surface area contributed by atoms with Crippen molar-refractivity contribution < 1.29 is 8.42 Å². The highest BCUT2D eigenvalue weighted by Crippen LogP contribution is 2.20. The lowest BCUT2D eigenvalue weighted by molar-refractivity contribution is 0.121. The molecule has 2 aliphatic rings. The molecule has 1 aromatic carbocycles. The molecule has 0 aliphatic carbocycles. The average Bonchev–Trinajstić information content (AvgIpc) is 2.82. The van der Waals surface area contributed by atoms with Crippen molar-refractivity contribution in [2.45, 2.75) is 31.5 Å². The topological polar surface area (TPSA) is 49.4 Å². The van der Waals surface area contributed by atoms with Gasteiger partial charge in [0.1, 0.15) is 0 Å². The fourth-order valence-corrected chi connectivity index (χ4v) is 4.53. The van der Waals surface area contributed by atoms with Gasteiger partial charge in [-0.25, -0.2) is 8.42 Å². The van der Waals surface area contributed by atoms with Gasteiger partial charge in [0, 0.05) is 36.6 Å². The van der Waals surface area contributed by atoms with E-state index >= 15 is 0 Å². The highest BCUT2D eigenvalue weighted by atomic mass is 32.2. The van der Waals surface area contributed by atoms with Crippen LogP contribution in [-0.4, -0.2) is 50.3 Å². The Labute approximate surface area is 126 Å². The predicted octanol–water partition coefficient (Wildman–Crippen LogP) is 1.20. The molecular weight excluding hydrogens is 284 g/mol. The molecule has 3 rings (SSSR count). The summed E-state index contributed by atoms with van der Waals surface area (Å²) in [4.78, 5) is 2.32. The van der Waals surface area contributed by atoms with Gasteiger partial charge in [0.05, 0.1) is 5.75 Å². The Bertz CT molecular complexity index is 612. The van der Waals surface area contributed by atoms with E-state index < -0.39 is 9.84 Å². The number of hydrogen-bond acceptors (Lipinski definition) is 4. The largest absolute Gasteiger partial charge is 0.311 e. The fraction of sp³-hybridized carbons (Fsp3) is 0.500. The van der Waals surface area contributed by atoms with E-state index in [-0.39, 0.29) is 11.8 Å². The summed E-state index contributed by atoms with van der Waals surface area (Å²) in [7, 11) is -2.99. The molecule has 1 fully saturated rings. The zero-order valence-electron chi connectivity index (χ0n) is 12.3. The van der Waals surface area contributed by atoms with Gasteiger partial charge in [0.25, 0.3) is 0 Å². The fourth-order valence-electron chi connectivity index (χ4n) is 3.22. The second kappa shape index (κ2) is 5.91. The number of nitrogens with zero attached hydrogens (tertiary/aromatic N) is 1. The van der Waals surface area contributed by atoms with Crippen molar-refractivity contribution in [3.63, 3.8) is 0 Å². The second-order valence-corrected chi connectivity index (χ2v) is 8.00. The Hall–Kier alpha value is -1.17. The highest BCUT2D eigenvalue weighted by Gasteiger charge is 2.34. The van der Waals surface area contributed by atoms with Crippen LogP contribution in [0.25, 0.3) is 0 Å². The average molecular weight is 306 g/mol. The summed E-state index contributed by atoms with van der Waals surface area (Å²) in [5.41, 5.74) is 1.32. The molecule has 1 aromatic rings. The zero-order chi connectivity index (χ0) is 14.9. The van der Waals surface area contributed by atoms with Crippen LogP contribution in [0.3, 0.4) is 0 Å². The second-order valence-electron chi connectivity index (χ2n) is 6.07. The van der Waals surface area contributed by atoms with Gasteiger partial charge < -0.3 is 5.32 Å². The molecule has 0 saturated carbocycles. The van der Waals surface area contributed by atoms with Gasteiger partial charge in [-0.1, -0.05) is 36.4 Å². The predicted molar refractivity (Wildman–Crippen MR) is 84.8 cm³/mol. The Balaban J connectivity index is 1.66. The number of piperazine rings is 1. The third-order valence-corrected chi connectivity index (χ3v) is 5.74. The smallest absolute Gasteiger partial charge is 0.173 e. The molecule has 2 heterocycles. The third-order valence-electron chi connectivity index (χ3n) is 4.36. The molecule has 0 spiro atoms. The Kier molecular flexibility index (Phi) is 4.15. The first-order valence-electron chi connectivity index (χ1n) is 7.47. The van der Waals surface area contributed by atoms with Gasteiger partial charge >= 0.3 is 0 Å². The van der Waals surface area contributed by atoms with Gasteiger partial charge in [-0.3, -0.25) is 4.90 Å². The van der Waals surface area contributed by atoms with E-state index in [9.17, 15) is 8.42 Å². The van der Waals surface area contributed by atoms with Crippen LogP contribution in [0.4, 0.5) is 0 Å². The SMILES string of the molecule is CC1CNC(Cc2ccccc2)CN1C1C=CS(=O)(=O)C1. The molecule has 0 aromatic heterocycles. The van der Waals surface area contributed by atoms with Gasteiger partial charge in [-0.2, -0.15) is 0 Å². The summed E-state index contributed by atoms with van der Waals surface area (Å²) >= 11 is 0. The standard InChI is InChI=1S/C16H22N2O2S/c1-13-10-17-15(9-14-5-3-2-4-6-14)11-18(13)16-7-8-21(19,20)12-16/h2-8,13,15-17H,9-12H2,1H3. The number of rotatable bonds is 3. The van der Waals surface area contributed by atoms with E-state index in [0.29, 0.717) is 12.1 Å². The first kappa shape index (κ1) is 14.8. The van der Waals surface area contributed by atoms with E-state index in [4.69, 9.17) is 0 Å². The van der Waals surface area contributed by atoms with Crippen LogP contribution in [0.15, 0.2) is 41.8 Å². The summed E-state index contributed by atoms with van der Waals surface area (Å²) in [5, 5.41) is 4.95. The minimum Gasteiger partial charge on any atom is -0.311 e. The number of benzene rings is 1. The van der Waals surface area contributed by atoms with Crippen molar-refractivity contribution >= 4 is 9.84 Å². The van der Waals surface area contributed by atoms with E-state index in [2.05, 4.69) is 41.4 Å². The number of hydrogen-bond donors (Lipinski definition) is 1. The van der Waals surface area contributed by atoms with Crippen LogP contribution >= 0.6 is 0 Å². The van der Waals surface area contributed by atoms with E-state index in [1.807, 2.05) is 12.1 Å². The Morgan fingerprint density at radius 1 is 1.29 bits per heavy atom. The Morgan fingerprint density at radius 3 is 2.71 bits per heavy atom. The van der Waals surface area contributed by atoms with Crippen molar-refractivity contribution in [1.82, 2.24) is 10.2 Å². The van der Waals surface area contributed by atoms with Crippen molar-refractivity contribution in [1.29, 1.82) is 0 Å². The maximum absolute atomic E-state index is 11.6. The van der Waals surface area contributed by atoms with Crippen LogP contribution in [0.1, 0.15) is 12.5 Å².